The molecule has 1 aromatic carbocycles. The molecule has 1 N–H and O–H groups in total. The summed E-state index contributed by atoms with van der Waals surface area (Å²) in [5, 5.41) is 2.97. The van der Waals surface area contributed by atoms with E-state index >= 15 is 0 Å². The van der Waals surface area contributed by atoms with E-state index in [1.54, 1.807) is 12.1 Å². The van der Waals surface area contributed by atoms with Crippen molar-refractivity contribution in [3.05, 3.63) is 29.8 Å². The molecule has 8 heteroatoms. The third-order valence-electron chi connectivity index (χ3n) is 6.65. The van der Waals surface area contributed by atoms with E-state index in [1.807, 2.05) is 12.1 Å². The lowest BCUT2D eigenvalue weighted by Gasteiger charge is -2.37. The molecule has 7 nitrogen and oxygen atoms in total. The van der Waals surface area contributed by atoms with Gasteiger partial charge in [-0.05, 0) is 49.3 Å². The van der Waals surface area contributed by atoms with Gasteiger partial charge in [-0.3, -0.25) is 4.79 Å². The maximum atomic E-state index is 13.0. The van der Waals surface area contributed by atoms with Gasteiger partial charge >= 0.3 is 5.97 Å². The number of hydrogen-bond acceptors (Lipinski definition) is 5. The lowest BCUT2D eigenvalue weighted by molar-refractivity contribution is -0.153. The number of carbonyl (C=O) groups is 2. The summed E-state index contributed by atoms with van der Waals surface area (Å²) in [6, 6.07) is 7.03. The number of hydrogen-bond donors (Lipinski definition) is 1. The number of rotatable bonds is 6. The van der Waals surface area contributed by atoms with E-state index < -0.39 is 15.6 Å². The number of methoxy groups -OCH3 is 1. The number of sulfonamides is 1. The zero-order valence-corrected chi connectivity index (χ0v) is 19.5. The Morgan fingerprint density at radius 2 is 1.65 bits per heavy atom. The molecule has 1 aliphatic heterocycles. The fraction of sp³-hybridized carbons (Fsp3) is 0.652. The van der Waals surface area contributed by atoms with Gasteiger partial charge in [0, 0.05) is 19.0 Å². The highest BCUT2D eigenvalue weighted by Gasteiger charge is 2.43. The van der Waals surface area contributed by atoms with Crippen molar-refractivity contribution in [3.63, 3.8) is 0 Å². The Morgan fingerprint density at radius 3 is 2.16 bits per heavy atom. The fourth-order valence-electron chi connectivity index (χ4n) is 4.60. The third kappa shape index (κ3) is 5.12. The summed E-state index contributed by atoms with van der Waals surface area (Å²) in [6.45, 7) is 4.71. The molecule has 1 aliphatic carbocycles. The maximum Gasteiger partial charge on any atom is 0.331 e. The average molecular weight is 451 g/mol. The molecule has 2 aliphatic rings. The van der Waals surface area contributed by atoms with Crippen LogP contribution in [0.4, 0.5) is 0 Å². The first-order valence-corrected chi connectivity index (χ1v) is 12.6. The normalized spacial score (nSPS) is 20.4. The first-order chi connectivity index (χ1) is 14.7. The van der Waals surface area contributed by atoms with Crippen molar-refractivity contribution >= 4 is 21.9 Å². The Kier molecular flexibility index (Phi) is 7.42. The quantitative estimate of drug-likeness (QED) is 0.672. The number of ether oxygens (including phenoxy) is 1. The van der Waals surface area contributed by atoms with E-state index in [4.69, 9.17) is 4.74 Å². The highest BCUT2D eigenvalue weighted by Crippen LogP contribution is 2.31. The van der Waals surface area contributed by atoms with Gasteiger partial charge in [-0.1, -0.05) is 45.2 Å². The molecule has 0 radical (unpaired) electrons. The van der Waals surface area contributed by atoms with Gasteiger partial charge in [0.25, 0.3) is 0 Å². The van der Waals surface area contributed by atoms with Crippen LogP contribution in [0.2, 0.25) is 0 Å². The van der Waals surface area contributed by atoms with Crippen LogP contribution in [0.5, 0.6) is 0 Å². The number of piperidine rings is 1. The molecule has 0 unspecified atom stereocenters. The van der Waals surface area contributed by atoms with Crippen LogP contribution in [0.3, 0.4) is 0 Å². The number of carbonyl (C=O) groups excluding carboxylic acids is 2. The largest absolute Gasteiger partial charge is 0.467 e. The van der Waals surface area contributed by atoms with Gasteiger partial charge in [0.1, 0.15) is 5.54 Å². The topological polar surface area (TPSA) is 92.8 Å². The van der Waals surface area contributed by atoms with Crippen molar-refractivity contribution in [3.8, 4) is 0 Å². The lowest BCUT2D eigenvalue weighted by Crippen LogP contribution is -2.58. The number of benzene rings is 1. The standard InChI is InChI=1S/C23H34N2O5S/c1-17(2)18-7-9-20(10-8-18)31(28,29)25-15-11-19(12-16-25)21(26)24-23(22(27)30-3)13-5-4-6-14-23/h7-10,17,19H,4-6,11-16H2,1-3H3,(H,24,26). The molecular formula is C23H34N2O5S. The Hall–Kier alpha value is -1.93. The van der Waals surface area contributed by atoms with Crippen LogP contribution in [0.1, 0.15) is 70.3 Å². The summed E-state index contributed by atoms with van der Waals surface area (Å²) in [6.07, 6.45) is 4.85. The van der Waals surface area contributed by atoms with Gasteiger partial charge in [-0.15, -0.1) is 0 Å². The molecule has 0 spiro atoms. The Morgan fingerprint density at radius 1 is 1.06 bits per heavy atom. The predicted molar refractivity (Wildman–Crippen MR) is 118 cm³/mol. The molecular weight excluding hydrogens is 416 g/mol. The highest BCUT2D eigenvalue weighted by molar-refractivity contribution is 7.89. The van der Waals surface area contributed by atoms with Crippen LogP contribution < -0.4 is 5.32 Å². The van der Waals surface area contributed by atoms with E-state index in [0.717, 1.165) is 24.8 Å². The molecule has 1 heterocycles. The zero-order chi connectivity index (χ0) is 22.6. The van der Waals surface area contributed by atoms with Gasteiger partial charge in [-0.25, -0.2) is 13.2 Å². The summed E-state index contributed by atoms with van der Waals surface area (Å²) in [5.41, 5.74) is 0.155. The van der Waals surface area contributed by atoms with Crippen molar-refractivity contribution in [2.75, 3.05) is 20.2 Å². The SMILES string of the molecule is COC(=O)C1(NC(=O)C2CCN(S(=O)(=O)c3ccc(C(C)C)cc3)CC2)CCCCC1. The second-order valence-corrected chi connectivity index (χ2v) is 11.0. The fourth-order valence-corrected chi connectivity index (χ4v) is 6.07. The molecule has 0 aromatic heterocycles. The van der Waals surface area contributed by atoms with Crippen LogP contribution in [0.15, 0.2) is 29.2 Å². The second kappa shape index (κ2) is 9.69. The van der Waals surface area contributed by atoms with Crippen LogP contribution in [0, 0.1) is 5.92 Å². The first kappa shape index (κ1) is 23.7. The minimum atomic E-state index is -3.58. The molecule has 0 bridgehead atoms. The molecule has 1 amide bonds. The Bertz CT molecular complexity index is 881. The van der Waals surface area contributed by atoms with Crippen molar-refractivity contribution in [2.45, 2.75) is 75.1 Å². The number of esters is 1. The molecule has 2 fully saturated rings. The van der Waals surface area contributed by atoms with E-state index in [9.17, 15) is 18.0 Å². The number of amides is 1. The summed E-state index contributed by atoms with van der Waals surface area (Å²) < 4.78 is 32.4. The summed E-state index contributed by atoms with van der Waals surface area (Å²) >= 11 is 0. The molecule has 1 saturated carbocycles. The predicted octanol–water partition coefficient (Wildman–Crippen LogP) is 3.20. The van der Waals surface area contributed by atoms with Gasteiger partial charge < -0.3 is 10.1 Å². The zero-order valence-electron chi connectivity index (χ0n) is 18.7. The Balaban J connectivity index is 1.63. The molecule has 3 rings (SSSR count). The molecule has 172 valence electrons. The molecule has 31 heavy (non-hydrogen) atoms. The van der Waals surface area contributed by atoms with Crippen LogP contribution >= 0.6 is 0 Å². The average Bonchev–Trinajstić information content (AvgIpc) is 2.79. The number of nitrogens with one attached hydrogen (secondary N) is 1. The van der Waals surface area contributed by atoms with E-state index in [0.29, 0.717) is 31.6 Å². The van der Waals surface area contributed by atoms with Gasteiger partial charge in [0.05, 0.1) is 12.0 Å². The maximum absolute atomic E-state index is 13.0. The van der Waals surface area contributed by atoms with Crippen LogP contribution in [-0.2, 0) is 24.3 Å². The van der Waals surface area contributed by atoms with Crippen molar-refractivity contribution < 1.29 is 22.7 Å². The molecule has 0 atom stereocenters. The summed E-state index contributed by atoms with van der Waals surface area (Å²) in [7, 11) is -2.23. The lowest BCUT2D eigenvalue weighted by atomic mass is 9.81. The number of nitrogens with zero attached hydrogens (tertiary/aromatic N) is 1. The van der Waals surface area contributed by atoms with Gasteiger partial charge in [0.2, 0.25) is 15.9 Å². The monoisotopic (exact) mass is 450 g/mol. The van der Waals surface area contributed by atoms with E-state index in [-0.39, 0.29) is 35.8 Å². The smallest absolute Gasteiger partial charge is 0.331 e. The van der Waals surface area contributed by atoms with Crippen molar-refractivity contribution in [2.24, 2.45) is 5.92 Å². The van der Waals surface area contributed by atoms with Crippen molar-refractivity contribution in [1.29, 1.82) is 0 Å². The minimum absolute atomic E-state index is 0.175. The van der Waals surface area contributed by atoms with Gasteiger partial charge in [0.15, 0.2) is 0 Å². The Labute approximate surface area is 185 Å². The molecule has 1 aromatic rings. The van der Waals surface area contributed by atoms with Crippen LogP contribution in [0.25, 0.3) is 0 Å². The van der Waals surface area contributed by atoms with Crippen molar-refractivity contribution in [1.82, 2.24) is 9.62 Å². The minimum Gasteiger partial charge on any atom is -0.467 e. The molecule has 1 saturated heterocycles. The van der Waals surface area contributed by atoms with E-state index in [2.05, 4.69) is 19.2 Å². The van der Waals surface area contributed by atoms with E-state index in [1.165, 1.54) is 11.4 Å². The third-order valence-corrected chi connectivity index (χ3v) is 8.57. The highest BCUT2D eigenvalue weighted by atomic mass is 32.2. The second-order valence-electron chi connectivity index (χ2n) is 9.03. The first-order valence-electron chi connectivity index (χ1n) is 11.2. The summed E-state index contributed by atoms with van der Waals surface area (Å²) in [4.78, 5) is 25.6. The van der Waals surface area contributed by atoms with Crippen LogP contribution in [-0.4, -0.2) is 50.3 Å². The summed E-state index contributed by atoms with van der Waals surface area (Å²) in [5.74, 6) is -0.530. The van der Waals surface area contributed by atoms with Gasteiger partial charge in [-0.2, -0.15) is 4.31 Å².